The van der Waals surface area contributed by atoms with E-state index in [1.807, 2.05) is 0 Å². The lowest BCUT2D eigenvalue weighted by Gasteiger charge is -2.54. The maximum Gasteiger partial charge on any atom is 0.253 e. The highest BCUT2D eigenvalue weighted by Gasteiger charge is 2.61. The molecule has 5 fully saturated rings. The predicted octanol–water partition coefficient (Wildman–Crippen LogP) is -2.19. The topological polar surface area (TPSA) is 130 Å². The molecule has 6 atom stereocenters. The highest BCUT2D eigenvalue weighted by molar-refractivity contribution is 6.03. The summed E-state index contributed by atoms with van der Waals surface area (Å²) in [5.74, 6) is -1.78. The van der Waals surface area contributed by atoms with Gasteiger partial charge in [0.2, 0.25) is 17.7 Å². The first-order valence-electron chi connectivity index (χ1n) is 10.3. The SMILES string of the molecule is CC(O)C1C(=O)N2CCC[C@H]2C(=O)N2CCC[C@H]2C(=O)NC2(C(C)O)CN1C2=O. The molecule has 10 heteroatoms. The molecule has 0 radical (unpaired) electrons. The number of amides is 4. The number of hydrogen-bond donors (Lipinski definition) is 3. The maximum absolute atomic E-state index is 13.3. The lowest BCUT2D eigenvalue weighted by molar-refractivity contribution is -0.179. The van der Waals surface area contributed by atoms with Gasteiger partial charge >= 0.3 is 0 Å². The average Bonchev–Trinajstić information content (AvgIpc) is 3.33. The van der Waals surface area contributed by atoms with Crippen LogP contribution < -0.4 is 5.32 Å². The third-order valence-corrected chi connectivity index (χ3v) is 6.83. The molecule has 10 nitrogen and oxygen atoms in total. The summed E-state index contributed by atoms with van der Waals surface area (Å²) in [4.78, 5) is 56.8. The fraction of sp³-hybridized carbons (Fsp3) is 0.789. The Balaban J connectivity index is 1.77. The largest absolute Gasteiger partial charge is 0.391 e. The lowest BCUT2D eigenvalue weighted by atomic mass is 9.80. The van der Waals surface area contributed by atoms with E-state index in [0.717, 1.165) is 0 Å². The Hall–Kier alpha value is -2.20. The molecule has 0 aromatic rings. The third kappa shape index (κ3) is 2.83. The van der Waals surface area contributed by atoms with Crippen molar-refractivity contribution in [1.29, 1.82) is 0 Å². The van der Waals surface area contributed by atoms with Gasteiger partial charge in [0.25, 0.3) is 5.91 Å². The highest BCUT2D eigenvalue weighted by atomic mass is 16.3. The molecule has 4 amide bonds. The molecule has 5 heterocycles. The molecule has 5 rings (SSSR count). The van der Waals surface area contributed by atoms with Gasteiger partial charge in [0.05, 0.1) is 18.8 Å². The van der Waals surface area contributed by atoms with E-state index in [2.05, 4.69) is 5.32 Å². The summed E-state index contributed by atoms with van der Waals surface area (Å²) in [6.07, 6.45) is -0.0792. The number of nitrogens with zero attached hydrogens (tertiary/aromatic N) is 3. The van der Waals surface area contributed by atoms with Crippen molar-refractivity contribution in [3.05, 3.63) is 0 Å². The molecule has 5 saturated heterocycles. The number of aliphatic hydroxyl groups excluding tert-OH is 2. The fourth-order valence-electron chi connectivity index (χ4n) is 5.16. The number of aliphatic hydroxyl groups is 2. The van der Waals surface area contributed by atoms with E-state index >= 15 is 0 Å². The molecule has 29 heavy (non-hydrogen) atoms. The number of hydrogen-bond acceptors (Lipinski definition) is 6. The van der Waals surface area contributed by atoms with Crippen LogP contribution in [0.4, 0.5) is 0 Å². The normalized spacial score (nSPS) is 37.2. The molecule has 2 bridgehead atoms. The first kappa shape index (κ1) is 20.1. The van der Waals surface area contributed by atoms with Crippen LogP contribution >= 0.6 is 0 Å². The summed E-state index contributed by atoms with van der Waals surface area (Å²) in [6.45, 7) is 3.54. The van der Waals surface area contributed by atoms with Crippen LogP contribution in [0.5, 0.6) is 0 Å². The van der Waals surface area contributed by atoms with E-state index in [-0.39, 0.29) is 12.5 Å². The molecule has 0 spiro atoms. The van der Waals surface area contributed by atoms with Crippen molar-refractivity contribution in [3.8, 4) is 0 Å². The Labute approximate surface area is 168 Å². The Kier molecular flexibility index (Phi) is 4.81. The third-order valence-electron chi connectivity index (χ3n) is 6.83. The zero-order valence-corrected chi connectivity index (χ0v) is 16.7. The molecule has 0 aromatic heterocycles. The molecular weight excluding hydrogens is 380 g/mol. The standard InChI is InChI=1S/C19H28N4O6/c1-10(24)14-17(28)22-8-4-6-13(22)16(27)21-7-3-5-12(21)15(26)20-19(11(2)25)9-23(14)18(19)29/h10-14,24-25H,3-9H2,1-2H3,(H,20,26)/t10?,11?,12-,13-,14?,19?/m0/s1. The maximum atomic E-state index is 13.3. The Morgan fingerprint density at radius 1 is 0.931 bits per heavy atom. The summed E-state index contributed by atoms with van der Waals surface area (Å²) in [5.41, 5.74) is -1.55. The van der Waals surface area contributed by atoms with Crippen molar-refractivity contribution in [2.24, 2.45) is 0 Å². The Morgan fingerprint density at radius 2 is 1.52 bits per heavy atom. The Bertz CT molecular complexity index is 755. The summed E-state index contributed by atoms with van der Waals surface area (Å²) in [5, 5.41) is 23.3. The number of β-lactam (4-membered cyclic amide) rings is 1. The van der Waals surface area contributed by atoms with Gasteiger partial charge in [-0.3, -0.25) is 19.2 Å². The molecular formula is C19H28N4O6. The second kappa shape index (κ2) is 6.94. The smallest absolute Gasteiger partial charge is 0.253 e. The average molecular weight is 408 g/mol. The van der Waals surface area contributed by atoms with E-state index in [9.17, 15) is 29.4 Å². The van der Waals surface area contributed by atoms with E-state index in [1.54, 1.807) is 0 Å². The van der Waals surface area contributed by atoms with Crippen LogP contribution in [0.2, 0.25) is 0 Å². The molecule has 0 aromatic carbocycles. The van der Waals surface area contributed by atoms with Crippen LogP contribution in [0, 0.1) is 0 Å². The van der Waals surface area contributed by atoms with Gasteiger partial charge in [-0.15, -0.1) is 0 Å². The number of carbonyl (C=O) groups excluding carboxylic acids is 4. The van der Waals surface area contributed by atoms with E-state index in [4.69, 9.17) is 0 Å². The van der Waals surface area contributed by atoms with Crippen LogP contribution in [-0.4, -0.2) is 104 Å². The van der Waals surface area contributed by atoms with Crippen LogP contribution in [0.1, 0.15) is 39.5 Å². The van der Waals surface area contributed by atoms with Crippen LogP contribution in [0.25, 0.3) is 0 Å². The van der Waals surface area contributed by atoms with Crippen molar-refractivity contribution in [2.45, 2.75) is 75.4 Å². The van der Waals surface area contributed by atoms with Crippen LogP contribution in [0.15, 0.2) is 0 Å². The molecule has 5 aliphatic heterocycles. The first-order chi connectivity index (χ1) is 13.7. The van der Waals surface area contributed by atoms with Crippen LogP contribution in [0.3, 0.4) is 0 Å². The van der Waals surface area contributed by atoms with Gasteiger partial charge in [-0.05, 0) is 39.5 Å². The quantitative estimate of drug-likeness (QED) is 0.445. The van der Waals surface area contributed by atoms with Gasteiger partial charge in [0.1, 0.15) is 18.1 Å². The summed E-state index contributed by atoms with van der Waals surface area (Å²) in [7, 11) is 0. The zero-order chi connectivity index (χ0) is 21.1. The van der Waals surface area contributed by atoms with Gasteiger partial charge in [-0.1, -0.05) is 0 Å². The van der Waals surface area contributed by atoms with Crippen molar-refractivity contribution in [2.75, 3.05) is 19.6 Å². The number of carbonyl (C=O) groups is 4. The molecule has 0 saturated carbocycles. The number of fused-ring (bicyclic) bond motifs is 2. The zero-order valence-electron chi connectivity index (χ0n) is 16.7. The molecule has 5 aliphatic rings. The van der Waals surface area contributed by atoms with E-state index in [1.165, 1.54) is 28.5 Å². The lowest BCUT2D eigenvalue weighted by Crippen LogP contribution is -2.82. The summed E-state index contributed by atoms with van der Waals surface area (Å²) >= 11 is 0. The van der Waals surface area contributed by atoms with Crippen molar-refractivity contribution < 1.29 is 29.4 Å². The van der Waals surface area contributed by atoms with Gasteiger partial charge < -0.3 is 30.2 Å². The second-order valence-electron chi connectivity index (χ2n) is 8.63. The van der Waals surface area contributed by atoms with Crippen molar-refractivity contribution in [1.82, 2.24) is 20.0 Å². The van der Waals surface area contributed by atoms with E-state index in [0.29, 0.717) is 38.8 Å². The fourth-order valence-corrected chi connectivity index (χ4v) is 5.16. The minimum absolute atomic E-state index is 0.0737. The molecule has 3 N–H and O–H groups in total. The Morgan fingerprint density at radius 3 is 2.07 bits per heavy atom. The minimum Gasteiger partial charge on any atom is -0.391 e. The molecule has 160 valence electrons. The monoisotopic (exact) mass is 408 g/mol. The minimum atomic E-state index is -1.55. The van der Waals surface area contributed by atoms with Gasteiger partial charge in [-0.2, -0.15) is 0 Å². The predicted molar refractivity (Wildman–Crippen MR) is 99.2 cm³/mol. The second-order valence-corrected chi connectivity index (χ2v) is 8.63. The van der Waals surface area contributed by atoms with Crippen molar-refractivity contribution >= 4 is 23.6 Å². The van der Waals surface area contributed by atoms with Crippen molar-refractivity contribution in [3.63, 3.8) is 0 Å². The van der Waals surface area contributed by atoms with Gasteiger partial charge in [0, 0.05) is 13.1 Å². The van der Waals surface area contributed by atoms with Gasteiger partial charge in [-0.25, -0.2) is 0 Å². The van der Waals surface area contributed by atoms with E-state index < -0.39 is 53.6 Å². The highest BCUT2D eigenvalue weighted by Crippen LogP contribution is 2.34. The summed E-state index contributed by atoms with van der Waals surface area (Å²) in [6, 6.07) is -2.56. The van der Waals surface area contributed by atoms with Crippen LogP contribution in [-0.2, 0) is 19.2 Å². The number of rotatable bonds is 2. The van der Waals surface area contributed by atoms with Gasteiger partial charge in [0.15, 0.2) is 5.54 Å². The summed E-state index contributed by atoms with van der Waals surface area (Å²) < 4.78 is 0. The first-order valence-corrected chi connectivity index (χ1v) is 10.3. The molecule has 4 unspecified atom stereocenters. The molecule has 0 aliphatic carbocycles. The number of nitrogens with one attached hydrogen (secondary N) is 1.